The van der Waals surface area contributed by atoms with Crippen LogP contribution in [0.2, 0.25) is 0 Å². The van der Waals surface area contributed by atoms with E-state index in [0.717, 1.165) is 11.1 Å². The van der Waals surface area contributed by atoms with Gasteiger partial charge in [-0.25, -0.2) is 0 Å². The number of hydrogen-bond acceptors (Lipinski definition) is 3. The summed E-state index contributed by atoms with van der Waals surface area (Å²) in [5.74, 6) is 0.262. The second-order valence-corrected chi connectivity index (χ2v) is 4.23. The molecule has 3 N–H and O–H groups in total. The van der Waals surface area contributed by atoms with Crippen molar-refractivity contribution in [3.8, 4) is 5.75 Å². The number of rotatable bonds is 5. The summed E-state index contributed by atoms with van der Waals surface area (Å²) >= 11 is 0. The number of aromatic hydroxyl groups is 1. The zero-order chi connectivity index (χ0) is 12.8. The zero-order valence-electron chi connectivity index (χ0n) is 10.1. The molecular weight excluding hydrogens is 226 g/mol. The maximum absolute atomic E-state index is 9.94. The van der Waals surface area contributed by atoms with E-state index in [1.165, 1.54) is 0 Å². The van der Waals surface area contributed by atoms with E-state index < -0.39 is 6.10 Å². The molecule has 0 radical (unpaired) electrons. The predicted molar refractivity (Wildman–Crippen MR) is 71.2 cm³/mol. The third kappa shape index (κ3) is 3.58. The highest BCUT2D eigenvalue weighted by Crippen LogP contribution is 2.12. The summed E-state index contributed by atoms with van der Waals surface area (Å²) in [4.78, 5) is 0. The number of benzene rings is 2. The highest BCUT2D eigenvalue weighted by Gasteiger charge is 2.05. The Hall–Kier alpha value is -1.84. The zero-order valence-corrected chi connectivity index (χ0v) is 10.1. The molecule has 0 fully saturated rings. The van der Waals surface area contributed by atoms with Gasteiger partial charge < -0.3 is 15.5 Å². The van der Waals surface area contributed by atoms with Crippen LogP contribution in [0.1, 0.15) is 17.2 Å². The monoisotopic (exact) mass is 243 g/mol. The van der Waals surface area contributed by atoms with Crippen molar-refractivity contribution in [2.75, 3.05) is 6.54 Å². The lowest BCUT2D eigenvalue weighted by Gasteiger charge is -2.12. The number of nitrogens with one attached hydrogen (secondary N) is 1. The SMILES string of the molecule is Oc1cccc(CNC[C@@H](O)c2ccccc2)c1. The molecule has 0 heterocycles. The highest BCUT2D eigenvalue weighted by atomic mass is 16.3. The molecule has 1 atom stereocenters. The third-order valence-corrected chi connectivity index (χ3v) is 2.76. The minimum Gasteiger partial charge on any atom is -0.508 e. The van der Waals surface area contributed by atoms with Gasteiger partial charge in [-0.2, -0.15) is 0 Å². The van der Waals surface area contributed by atoms with E-state index in [1.807, 2.05) is 36.4 Å². The van der Waals surface area contributed by atoms with Crippen LogP contribution >= 0.6 is 0 Å². The molecule has 0 amide bonds. The summed E-state index contributed by atoms with van der Waals surface area (Å²) in [6.07, 6.45) is -0.511. The number of hydrogen-bond donors (Lipinski definition) is 3. The molecule has 0 spiro atoms. The van der Waals surface area contributed by atoms with Crippen LogP contribution in [0.25, 0.3) is 0 Å². The number of phenolic OH excluding ortho intramolecular Hbond substituents is 1. The molecule has 2 aromatic carbocycles. The minimum absolute atomic E-state index is 0.262. The van der Waals surface area contributed by atoms with Gasteiger partial charge >= 0.3 is 0 Å². The van der Waals surface area contributed by atoms with Crippen molar-refractivity contribution in [2.45, 2.75) is 12.6 Å². The summed E-state index contributed by atoms with van der Waals surface area (Å²) in [5, 5.41) is 22.4. The molecule has 3 nitrogen and oxygen atoms in total. The molecule has 0 bridgehead atoms. The summed E-state index contributed by atoms with van der Waals surface area (Å²) in [6.45, 7) is 1.11. The fraction of sp³-hybridized carbons (Fsp3) is 0.200. The van der Waals surface area contributed by atoms with E-state index in [2.05, 4.69) is 5.32 Å². The van der Waals surface area contributed by atoms with Gasteiger partial charge in [-0.15, -0.1) is 0 Å². The molecule has 2 rings (SSSR count). The van der Waals surface area contributed by atoms with Crippen LogP contribution in [-0.4, -0.2) is 16.8 Å². The Morgan fingerprint density at radius 2 is 1.78 bits per heavy atom. The smallest absolute Gasteiger partial charge is 0.115 e. The summed E-state index contributed by atoms with van der Waals surface area (Å²) < 4.78 is 0. The fourth-order valence-corrected chi connectivity index (χ4v) is 1.81. The van der Waals surface area contributed by atoms with Gasteiger partial charge in [-0.1, -0.05) is 42.5 Å². The van der Waals surface area contributed by atoms with E-state index in [4.69, 9.17) is 0 Å². The molecule has 0 aliphatic rings. The maximum atomic E-state index is 9.94. The number of aliphatic hydroxyl groups excluding tert-OH is 1. The van der Waals surface area contributed by atoms with Gasteiger partial charge in [0.1, 0.15) is 5.75 Å². The normalized spacial score (nSPS) is 12.3. The van der Waals surface area contributed by atoms with Gasteiger partial charge in [0.05, 0.1) is 6.10 Å². The van der Waals surface area contributed by atoms with E-state index in [9.17, 15) is 10.2 Å². The van der Waals surface area contributed by atoms with Crippen molar-refractivity contribution in [3.05, 3.63) is 65.7 Å². The van der Waals surface area contributed by atoms with Crippen molar-refractivity contribution in [2.24, 2.45) is 0 Å². The van der Waals surface area contributed by atoms with Crippen molar-refractivity contribution in [1.29, 1.82) is 0 Å². The lowest BCUT2D eigenvalue weighted by atomic mass is 10.1. The van der Waals surface area contributed by atoms with Gasteiger partial charge in [-0.3, -0.25) is 0 Å². The van der Waals surface area contributed by atoms with E-state index >= 15 is 0 Å². The molecule has 2 aromatic rings. The predicted octanol–water partition coefficient (Wildman–Crippen LogP) is 2.22. The Morgan fingerprint density at radius 3 is 2.50 bits per heavy atom. The van der Waals surface area contributed by atoms with Crippen LogP contribution in [-0.2, 0) is 6.54 Å². The maximum Gasteiger partial charge on any atom is 0.115 e. The summed E-state index contributed by atoms with van der Waals surface area (Å²) in [5.41, 5.74) is 1.90. The molecule has 0 saturated carbocycles. The van der Waals surface area contributed by atoms with Gasteiger partial charge in [0.2, 0.25) is 0 Å². The van der Waals surface area contributed by atoms with Crippen LogP contribution in [0, 0.1) is 0 Å². The largest absolute Gasteiger partial charge is 0.508 e. The Kier molecular flexibility index (Phi) is 4.34. The van der Waals surface area contributed by atoms with Crippen LogP contribution in [0.3, 0.4) is 0 Å². The average molecular weight is 243 g/mol. The third-order valence-electron chi connectivity index (χ3n) is 2.76. The van der Waals surface area contributed by atoms with Gasteiger partial charge in [0, 0.05) is 13.1 Å². The Labute approximate surface area is 107 Å². The Morgan fingerprint density at radius 1 is 1.00 bits per heavy atom. The van der Waals surface area contributed by atoms with Crippen molar-refractivity contribution in [3.63, 3.8) is 0 Å². The standard InChI is InChI=1S/C15H17NO2/c17-14-8-4-5-12(9-14)10-16-11-15(18)13-6-2-1-3-7-13/h1-9,15-18H,10-11H2/t15-/m1/s1. The molecule has 0 aromatic heterocycles. The van der Waals surface area contributed by atoms with Crippen molar-refractivity contribution < 1.29 is 10.2 Å². The number of phenols is 1. The van der Waals surface area contributed by atoms with Crippen LogP contribution in [0.4, 0.5) is 0 Å². The molecule has 0 aliphatic carbocycles. The van der Waals surface area contributed by atoms with Crippen LogP contribution in [0.5, 0.6) is 5.75 Å². The topological polar surface area (TPSA) is 52.5 Å². The highest BCUT2D eigenvalue weighted by molar-refractivity contribution is 5.27. The first-order valence-electron chi connectivity index (χ1n) is 5.97. The molecular formula is C15H17NO2. The first-order valence-corrected chi connectivity index (χ1v) is 5.97. The van der Waals surface area contributed by atoms with E-state index in [1.54, 1.807) is 18.2 Å². The van der Waals surface area contributed by atoms with Gasteiger partial charge in [-0.05, 0) is 23.3 Å². The Bertz CT molecular complexity index is 485. The van der Waals surface area contributed by atoms with Crippen LogP contribution in [0.15, 0.2) is 54.6 Å². The van der Waals surface area contributed by atoms with Crippen molar-refractivity contribution >= 4 is 0 Å². The molecule has 3 heteroatoms. The molecule has 0 aliphatic heterocycles. The summed E-state index contributed by atoms with van der Waals surface area (Å²) in [6, 6.07) is 16.6. The quantitative estimate of drug-likeness (QED) is 0.754. The van der Waals surface area contributed by atoms with Gasteiger partial charge in [0.15, 0.2) is 0 Å². The molecule has 18 heavy (non-hydrogen) atoms. The number of aliphatic hydroxyl groups is 1. The first kappa shape index (κ1) is 12.6. The van der Waals surface area contributed by atoms with Gasteiger partial charge in [0.25, 0.3) is 0 Å². The first-order chi connectivity index (χ1) is 8.75. The van der Waals surface area contributed by atoms with E-state index in [-0.39, 0.29) is 5.75 Å². The lowest BCUT2D eigenvalue weighted by Crippen LogP contribution is -2.20. The fourth-order valence-electron chi connectivity index (χ4n) is 1.81. The Balaban J connectivity index is 1.82. The molecule has 94 valence electrons. The second kappa shape index (κ2) is 6.19. The van der Waals surface area contributed by atoms with E-state index in [0.29, 0.717) is 13.1 Å². The second-order valence-electron chi connectivity index (χ2n) is 4.23. The minimum atomic E-state index is -0.511. The summed E-state index contributed by atoms with van der Waals surface area (Å²) in [7, 11) is 0. The molecule has 0 unspecified atom stereocenters. The lowest BCUT2D eigenvalue weighted by molar-refractivity contribution is 0.174. The average Bonchev–Trinajstić information content (AvgIpc) is 2.40. The van der Waals surface area contributed by atoms with Crippen LogP contribution < -0.4 is 5.32 Å². The van der Waals surface area contributed by atoms with Crippen molar-refractivity contribution in [1.82, 2.24) is 5.32 Å². The molecule has 0 saturated heterocycles.